The molecule has 140 valence electrons. The third-order valence-electron chi connectivity index (χ3n) is 5.33. The van der Waals surface area contributed by atoms with Gasteiger partial charge in [0, 0.05) is 16.9 Å². The highest BCUT2D eigenvalue weighted by Gasteiger charge is 2.41. The third kappa shape index (κ3) is 3.60. The van der Waals surface area contributed by atoms with Crippen LogP contribution in [0.2, 0.25) is 0 Å². The van der Waals surface area contributed by atoms with E-state index >= 15 is 0 Å². The molecule has 1 saturated heterocycles. The molecule has 2 N–H and O–H groups in total. The molecule has 0 spiro atoms. The Morgan fingerprint density at radius 1 is 1.35 bits per heavy atom. The Hall–Kier alpha value is -1.22. The van der Waals surface area contributed by atoms with E-state index in [4.69, 9.17) is 0 Å². The molecule has 2 aliphatic heterocycles. The molecule has 2 aromatic heterocycles. The summed E-state index contributed by atoms with van der Waals surface area (Å²) in [5, 5.41) is 7.23. The third-order valence-corrected chi connectivity index (χ3v) is 9.17. The summed E-state index contributed by atoms with van der Waals surface area (Å²) in [7, 11) is -3.03. The maximum absolute atomic E-state index is 12.7. The molecule has 8 heteroatoms. The van der Waals surface area contributed by atoms with Crippen molar-refractivity contribution in [2.24, 2.45) is 0 Å². The average Bonchev–Trinajstić information content (AvgIpc) is 3.27. The standard InChI is InChI=1S/C18H22N2O3S3/c1-18(6-10-26(22,23)12-18)19-16(21)11-20-7-4-14-13(5-9-25-14)17(20)15-3-2-8-24-15/h2-3,5,8-9,17H,4,6-7,10-12H2,1H3,(H,19,21)/p+1/t17-,18-/m1/s1. The second-order valence-electron chi connectivity index (χ2n) is 7.53. The predicted octanol–water partition coefficient (Wildman–Crippen LogP) is 1.03. The smallest absolute Gasteiger partial charge is 0.275 e. The number of carbonyl (C=O) groups excluding carboxylic acids is 1. The molecule has 1 amide bonds. The molecule has 1 fully saturated rings. The molecule has 0 radical (unpaired) electrons. The predicted molar refractivity (Wildman–Crippen MR) is 105 cm³/mol. The Labute approximate surface area is 162 Å². The van der Waals surface area contributed by atoms with Crippen LogP contribution in [0.1, 0.15) is 34.7 Å². The van der Waals surface area contributed by atoms with Gasteiger partial charge in [-0.15, -0.1) is 22.7 Å². The number of quaternary nitrogens is 1. The second-order valence-corrected chi connectivity index (χ2v) is 11.7. The average molecular weight is 412 g/mol. The van der Waals surface area contributed by atoms with Crippen molar-refractivity contribution in [3.05, 3.63) is 44.3 Å². The van der Waals surface area contributed by atoms with Gasteiger partial charge < -0.3 is 10.2 Å². The highest BCUT2D eigenvalue weighted by atomic mass is 32.2. The van der Waals surface area contributed by atoms with Crippen LogP contribution in [-0.2, 0) is 21.1 Å². The van der Waals surface area contributed by atoms with E-state index in [0.29, 0.717) is 13.0 Å². The first kappa shape index (κ1) is 18.2. The first-order chi connectivity index (χ1) is 12.4. The summed E-state index contributed by atoms with van der Waals surface area (Å²) in [5.41, 5.74) is 0.707. The Kier molecular flexibility index (Phi) is 4.71. The van der Waals surface area contributed by atoms with Gasteiger partial charge in [-0.3, -0.25) is 4.79 Å². The lowest BCUT2D eigenvalue weighted by Gasteiger charge is -2.33. The van der Waals surface area contributed by atoms with Crippen molar-refractivity contribution >= 4 is 38.4 Å². The molecule has 2 aliphatic rings. The number of thiophene rings is 2. The summed E-state index contributed by atoms with van der Waals surface area (Å²) >= 11 is 3.53. The van der Waals surface area contributed by atoms with Gasteiger partial charge in [0.1, 0.15) is 6.04 Å². The first-order valence-electron chi connectivity index (χ1n) is 8.81. The second kappa shape index (κ2) is 6.74. The normalized spacial score (nSPS) is 30.0. The van der Waals surface area contributed by atoms with E-state index < -0.39 is 15.4 Å². The number of carbonyl (C=O) groups is 1. The minimum atomic E-state index is -3.03. The zero-order chi connectivity index (χ0) is 18.4. The lowest BCUT2D eigenvalue weighted by Crippen LogP contribution is -3.14. The van der Waals surface area contributed by atoms with Crippen molar-refractivity contribution in [2.45, 2.75) is 31.3 Å². The monoisotopic (exact) mass is 411 g/mol. The first-order valence-corrected chi connectivity index (χ1v) is 12.4. The van der Waals surface area contributed by atoms with E-state index in [9.17, 15) is 13.2 Å². The molecule has 0 aliphatic carbocycles. The quantitative estimate of drug-likeness (QED) is 0.790. The molecule has 26 heavy (non-hydrogen) atoms. The number of hydrogen-bond acceptors (Lipinski definition) is 5. The lowest BCUT2D eigenvalue weighted by atomic mass is 9.98. The molecule has 2 aromatic rings. The zero-order valence-electron chi connectivity index (χ0n) is 14.7. The number of hydrogen-bond donors (Lipinski definition) is 2. The van der Waals surface area contributed by atoms with Crippen molar-refractivity contribution in [1.29, 1.82) is 0 Å². The van der Waals surface area contributed by atoms with Crippen molar-refractivity contribution in [3.8, 4) is 0 Å². The van der Waals surface area contributed by atoms with Crippen LogP contribution < -0.4 is 10.2 Å². The topological polar surface area (TPSA) is 67.7 Å². The SMILES string of the molecule is C[C@@]1(NC(=O)C[NH+]2CCc3sccc3[C@@H]2c2cccs2)CCS(=O)(=O)C1. The van der Waals surface area contributed by atoms with Crippen LogP contribution in [0, 0.1) is 0 Å². The minimum absolute atomic E-state index is 0.0457. The highest BCUT2D eigenvalue weighted by molar-refractivity contribution is 7.91. The van der Waals surface area contributed by atoms with E-state index in [2.05, 4.69) is 34.3 Å². The van der Waals surface area contributed by atoms with E-state index in [1.54, 1.807) is 22.7 Å². The van der Waals surface area contributed by atoms with Crippen LogP contribution in [-0.4, -0.2) is 44.5 Å². The van der Waals surface area contributed by atoms with E-state index in [1.807, 2.05) is 6.92 Å². The Balaban J connectivity index is 1.51. The van der Waals surface area contributed by atoms with E-state index in [-0.39, 0.29) is 23.5 Å². The summed E-state index contributed by atoms with van der Waals surface area (Å²) in [6.45, 7) is 3.13. The Bertz CT molecular complexity index is 904. The van der Waals surface area contributed by atoms with Crippen molar-refractivity contribution in [1.82, 2.24) is 5.32 Å². The summed E-state index contributed by atoms with van der Waals surface area (Å²) in [5.74, 6) is 0.153. The fourth-order valence-corrected chi connectivity index (χ4v) is 8.06. The van der Waals surface area contributed by atoms with Crippen LogP contribution in [0.25, 0.3) is 0 Å². The molecular formula is C18H23N2O3S3+. The van der Waals surface area contributed by atoms with Crippen LogP contribution in [0.3, 0.4) is 0 Å². The molecule has 5 nitrogen and oxygen atoms in total. The maximum atomic E-state index is 12.7. The Morgan fingerprint density at radius 2 is 2.19 bits per heavy atom. The van der Waals surface area contributed by atoms with Gasteiger partial charge in [0.2, 0.25) is 0 Å². The van der Waals surface area contributed by atoms with Crippen LogP contribution in [0.4, 0.5) is 0 Å². The number of amides is 1. The zero-order valence-corrected chi connectivity index (χ0v) is 17.1. The van der Waals surface area contributed by atoms with Gasteiger partial charge in [-0.2, -0.15) is 0 Å². The van der Waals surface area contributed by atoms with Crippen LogP contribution >= 0.6 is 22.7 Å². The van der Waals surface area contributed by atoms with Gasteiger partial charge in [0.05, 0.1) is 28.5 Å². The van der Waals surface area contributed by atoms with Crippen LogP contribution in [0.5, 0.6) is 0 Å². The lowest BCUT2D eigenvalue weighted by molar-refractivity contribution is -0.919. The molecular weight excluding hydrogens is 388 g/mol. The summed E-state index contributed by atoms with van der Waals surface area (Å²) in [4.78, 5) is 16.7. The molecule has 0 aromatic carbocycles. The molecule has 4 rings (SSSR count). The molecule has 1 unspecified atom stereocenters. The number of fused-ring (bicyclic) bond motifs is 1. The summed E-state index contributed by atoms with van der Waals surface area (Å²) in [6.07, 6.45) is 1.49. The minimum Gasteiger partial charge on any atom is -0.345 e. The largest absolute Gasteiger partial charge is 0.345 e. The summed E-state index contributed by atoms with van der Waals surface area (Å²) in [6, 6.07) is 6.58. The fourth-order valence-electron chi connectivity index (χ4n) is 4.15. The molecule has 3 atom stereocenters. The van der Waals surface area contributed by atoms with Gasteiger partial charge in [-0.05, 0) is 36.2 Å². The molecule has 4 heterocycles. The van der Waals surface area contributed by atoms with E-state index in [0.717, 1.165) is 13.0 Å². The van der Waals surface area contributed by atoms with Gasteiger partial charge in [-0.1, -0.05) is 6.07 Å². The molecule has 0 saturated carbocycles. The van der Waals surface area contributed by atoms with Crippen molar-refractivity contribution in [2.75, 3.05) is 24.6 Å². The fraction of sp³-hybridized carbons (Fsp3) is 0.500. The van der Waals surface area contributed by atoms with E-state index in [1.165, 1.54) is 20.2 Å². The van der Waals surface area contributed by atoms with Gasteiger partial charge in [0.15, 0.2) is 16.4 Å². The Morgan fingerprint density at radius 3 is 2.88 bits per heavy atom. The number of nitrogens with one attached hydrogen (secondary N) is 2. The van der Waals surface area contributed by atoms with Crippen LogP contribution in [0.15, 0.2) is 29.0 Å². The van der Waals surface area contributed by atoms with Gasteiger partial charge in [-0.25, -0.2) is 8.42 Å². The van der Waals surface area contributed by atoms with Gasteiger partial charge >= 0.3 is 0 Å². The maximum Gasteiger partial charge on any atom is 0.275 e. The van der Waals surface area contributed by atoms with Gasteiger partial charge in [0.25, 0.3) is 5.91 Å². The van der Waals surface area contributed by atoms with Crippen molar-refractivity contribution < 1.29 is 18.1 Å². The van der Waals surface area contributed by atoms with Crippen molar-refractivity contribution in [3.63, 3.8) is 0 Å². The number of sulfone groups is 1. The number of rotatable bonds is 4. The highest BCUT2D eigenvalue weighted by Crippen LogP contribution is 2.31. The summed E-state index contributed by atoms with van der Waals surface area (Å²) < 4.78 is 23.6. The molecule has 0 bridgehead atoms.